The highest BCUT2D eigenvalue weighted by atomic mass is 16.5. The molecule has 0 saturated carbocycles. The van der Waals surface area contributed by atoms with Crippen molar-refractivity contribution >= 4 is 11.9 Å². The largest absolute Gasteiger partial charge is 0.493 e. The number of anilines is 1. The Labute approximate surface area is 224 Å². The molecule has 0 bridgehead atoms. The minimum absolute atomic E-state index is 0.169. The van der Waals surface area contributed by atoms with E-state index in [1.807, 2.05) is 36.4 Å². The number of aryl methyl sites for hydroxylation is 2. The van der Waals surface area contributed by atoms with Crippen molar-refractivity contribution in [1.82, 2.24) is 14.9 Å². The second kappa shape index (κ2) is 11.8. The van der Waals surface area contributed by atoms with E-state index in [1.54, 1.807) is 0 Å². The number of hydrogen-bond acceptors (Lipinski definition) is 7. The fourth-order valence-electron chi connectivity index (χ4n) is 4.98. The number of carbonyl (C=O) groups is 1. The third-order valence-electron chi connectivity index (χ3n) is 7.07. The molecule has 8 heteroatoms. The summed E-state index contributed by atoms with van der Waals surface area (Å²) >= 11 is 0. The van der Waals surface area contributed by atoms with Crippen molar-refractivity contribution in [3.8, 4) is 11.5 Å². The smallest absolute Gasteiger partial charge is 0.339 e. The molecule has 1 unspecified atom stereocenters. The zero-order chi connectivity index (χ0) is 26.5. The predicted molar refractivity (Wildman–Crippen MR) is 146 cm³/mol. The highest BCUT2D eigenvalue weighted by molar-refractivity contribution is 5.88. The number of carboxylic acids is 1. The maximum absolute atomic E-state index is 11.9. The van der Waals surface area contributed by atoms with Crippen LogP contribution in [0.4, 0.5) is 5.95 Å². The first-order valence-corrected chi connectivity index (χ1v) is 13.5. The third-order valence-corrected chi connectivity index (χ3v) is 7.07. The van der Waals surface area contributed by atoms with Crippen molar-refractivity contribution < 1.29 is 19.4 Å². The number of rotatable bonds is 10. The molecule has 0 amide bonds. The number of ether oxygens (including phenoxy) is 2. The summed E-state index contributed by atoms with van der Waals surface area (Å²) < 4.78 is 11.9. The summed E-state index contributed by atoms with van der Waals surface area (Å²) in [6, 6.07) is 16.3. The van der Waals surface area contributed by atoms with Crippen LogP contribution in [0.1, 0.15) is 41.0 Å². The molecule has 0 spiro atoms. The Bertz CT molecular complexity index is 1210. The molecule has 2 aliphatic rings. The van der Waals surface area contributed by atoms with Gasteiger partial charge in [-0.25, -0.2) is 14.8 Å². The predicted octanol–water partition coefficient (Wildman–Crippen LogP) is 4.12. The normalized spacial score (nSPS) is 17.3. The van der Waals surface area contributed by atoms with Crippen LogP contribution < -0.4 is 14.4 Å². The first-order valence-electron chi connectivity index (χ1n) is 13.5. The van der Waals surface area contributed by atoms with Gasteiger partial charge in [-0.1, -0.05) is 44.2 Å². The fourth-order valence-corrected chi connectivity index (χ4v) is 4.98. The lowest BCUT2D eigenvalue weighted by molar-refractivity contribution is 0.0694. The van der Waals surface area contributed by atoms with Crippen LogP contribution >= 0.6 is 0 Å². The van der Waals surface area contributed by atoms with Crippen molar-refractivity contribution in [3.05, 3.63) is 77.1 Å². The van der Waals surface area contributed by atoms with Gasteiger partial charge in [-0.3, -0.25) is 4.90 Å². The molecule has 5 rings (SSSR count). The molecule has 3 aromatic rings. The summed E-state index contributed by atoms with van der Waals surface area (Å²) in [5.41, 5.74) is 3.14. The molecule has 3 heterocycles. The number of benzene rings is 2. The number of para-hydroxylation sites is 1. The lowest BCUT2D eigenvalue weighted by Gasteiger charge is -2.35. The Balaban J connectivity index is 1.17. The van der Waals surface area contributed by atoms with Gasteiger partial charge in [0.1, 0.15) is 17.6 Å². The van der Waals surface area contributed by atoms with Gasteiger partial charge >= 0.3 is 5.97 Å². The van der Waals surface area contributed by atoms with E-state index in [1.165, 1.54) is 11.8 Å². The average molecular weight is 517 g/mol. The Kier molecular flexibility index (Phi) is 8.08. The van der Waals surface area contributed by atoms with Crippen LogP contribution in [0.15, 0.2) is 54.7 Å². The minimum Gasteiger partial charge on any atom is -0.493 e. The first kappa shape index (κ1) is 26.0. The molecule has 2 aromatic carbocycles. The summed E-state index contributed by atoms with van der Waals surface area (Å²) in [6.07, 6.45) is 3.82. The van der Waals surface area contributed by atoms with E-state index in [0.29, 0.717) is 37.0 Å². The lowest BCUT2D eigenvalue weighted by Crippen LogP contribution is -2.49. The SMILES string of the molecule is CC(C)COc1ccc(CCc2nc(N3CCN(CC4Cc5ccccc5O4)CC3)ncc2C(=O)O)cc1. The number of fused-ring (bicyclic) bond motifs is 1. The number of piperazine rings is 1. The summed E-state index contributed by atoms with van der Waals surface area (Å²) in [7, 11) is 0. The van der Waals surface area contributed by atoms with Gasteiger partial charge in [-0.2, -0.15) is 0 Å². The monoisotopic (exact) mass is 516 g/mol. The molecule has 38 heavy (non-hydrogen) atoms. The van der Waals surface area contributed by atoms with Gasteiger partial charge < -0.3 is 19.5 Å². The molecule has 0 radical (unpaired) electrons. The van der Waals surface area contributed by atoms with E-state index in [-0.39, 0.29) is 11.7 Å². The van der Waals surface area contributed by atoms with Crippen LogP contribution in [0, 0.1) is 5.92 Å². The van der Waals surface area contributed by atoms with E-state index in [9.17, 15) is 9.90 Å². The van der Waals surface area contributed by atoms with E-state index in [4.69, 9.17) is 14.5 Å². The van der Waals surface area contributed by atoms with Crippen LogP contribution in [0.3, 0.4) is 0 Å². The number of nitrogens with zero attached hydrogens (tertiary/aromatic N) is 4. The van der Waals surface area contributed by atoms with Gasteiger partial charge in [0.05, 0.1) is 17.9 Å². The van der Waals surface area contributed by atoms with Gasteiger partial charge in [-0.15, -0.1) is 0 Å². The molecule has 1 aromatic heterocycles. The summed E-state index contributed by atoms with van der Waals surface area (Å²) in [5, 5.41) is 9.71. The minimum atomic E-state index is -0.994. The zero-order valence-electron chi connectivity index (χ0n) is 22.2. The molecule has 1 N–H and O–H groups in total. The number of aromatic nitrogens is 2. The van der Waals surface area contributed by atoms with Crippen molar-refractivity contribution in [2.24, 2.45) is 5.92 Å². The quantitative estimate of drug-likeness (QED) is 0.431. The summed E-state index contributed by atoms with van der Waals surface area (Å²) in [4.78, 5) is 25.6. The Morgan fingerprint density at radius 2 is 1.84 bits per heavy atom. The Morgan fingerprint density at radius 3 is 2.55 bits per heavy atom. The number of hydrogen-bond donors (Lipinski definition) is 1. The molecule has 8 nitrogen and oxygen atoms in total. The van der Waals surface area contributed by atoms with E-state index in [2.05, 4.69) is 40.8 Å². The molecule has 200 valence electrons. The molecule has 2 aliphatic heterocycles. The van der Waals surface area contributed by atoms with Crippen LogP contribution in [0.5, 0.6) is 11.5 Å². The Hall–Kier alpha value is -3.65. The van der Waals surface area contributed by atoms with Crippen molar-refractivity contribution in [2.75, 3.05) is 44.2 Å². The van der Waals surface area contributed by atoms with E-state index in [0.717, 1.165) is 56.2 Å². The second-order valence-electron chi connectivity index (χ2n) is 10.5. The maximum atomic E-state index is 11.9. The van der Waals surface area contributed by atoms with Crippen LogP contribution in [0.2, 0.25) is 0 Å². The molecule has 1 atom stereocenters. The van der Waals surface area contributed by atoms with E-state index >= 15 is 0 Å². The molecule has 1 saturated heterocycles. The standard InChI is InChI=1S/C30H36N4O4/c1-21(2)20-37-24-10-7-22(8-11-24)9-12-27-26(29(35)36)18-31-30(32-27)34-15-13-33(14-16-34)19-25-17-23-5-3-4-6-28(23)38-25/h3-8,10-11,18,21,25H,9,12-17,19-20H2,1-2H3,(H,35,36). The first-order chi connectivity index (χ1) is 18.4. The van der Waals surface area contributed by atoms with Crippen LogP contribution in [0.25, 0.3) is 0 Å². The second-order valence-corrected chi connectivity index (χ2v) is 10.5. The topological polar surface area (TPSA) is 88.0 Å². The van der Waals surface area contributed by atoms with Gasteiger partial charge in [0.15, 0.2) is 0 Å². The van der Waals surface area contributed by atoms with Gasteiger partial charge in [0.2, 0.25) is 5.95 Å². The van der Waals surface area contributed by atoms with Crippen LogP contribution in [-0.4, -0.2) is 71.4 Å². The number of carboxylic acid groups (broad SMARTS) is 1. The zero-order valence-corrected chi connectivity index (χ0v) is 22.2. The van der Waals surface area contributed by atoms with Gasteiger partial charge in [0, 0.05) is 45.3 Å². The number of aromatic carboxylic acids is 1. The van der Waals surface area contributed by atoms with Crippen molar-refractivity contribution in [2.45, 2.75) is 39.2 Å². The highest BCUT2D eigenvalue weighted by Gasteiger charge is 2.27. The molecule has 0 aliphatic carbocycles. The molecular weight excluding hydrogens is 480 g/mol. The molecule has 1 fully saturated rings. The maximum Gasteiger partial charge on any atom is 0.339 e. The van der Waals surface area contributed by atoms with Crippen LogP contribution in [-0.2, 0) is 19.3 Å². The average Bonchev–Trinajstić information content (AvgIpc) is 3.34. The van der Waals surface area contributed by atoms with Gasteiger partial charge in [-0.05, 0) is 48.1 Å². The summed E-state index contributed by atoms with van der Waals surface area (Å²) in [5.74, 6) is 1.93. The van der Waals surface area contributed by atoms with Crippen molar-refractivity contribution in [3.63, 3.8) is 0 Å². The lowest BCUT2D eigenvalue weighted by atomic mass is 10.1. The molecular formula is C30H36N4O4. The Morgan fingerprint density at radius 1 is 1.08 bits per heavy atom. The van der Waals surface area contributed by atoms with Gasteiger partial charge in [0.25, 0.3) is 0 Å². The van der Waals surface area contributed by atoms with Crippen molar-refractivity contribution in [1.29, 1.82) is 0 Å². The third kappa shape index (κ3) is 6.42. The van der Waals surface area contributed by atoms with E-state index < -0.39 is 5.97 Å². The fraction of sp³-hybridized carbons (Fsp3) is 0.433. The summed E-state index contributed by atoms with van der Waals surface area (Å²) in [6.45, 7) is 9.19. The highest BCUT2D eigenvalue weighted by Crippen LogP contribution is 2.28.